The van der Waals surface area contributed by atoms with E-state index in [4.69, 9.17) is 0 Å². The molecule has 0 amide bonds. The standard InChI is InChI=1S/C16H21N5/c1-4-17-9-13-10-21(16-15(13)6-5-7-18-16)11-14-8-12(2)19-20(14)3/h5-8,10,17H,4,9,11H2,1-3H3. The van der Waals surface area contributed by atoms with Gasteiger partial charge in [-0.05, 0) is 37.2 Å². The molecule has 0 spiro atoms. The molecule has 0 unspecified atom stereocenters. The van der Waals surface area contributed by atoms with E-state index in [1.807, 2.05) is 30.9 Å². The van der Waals surface area contributed by atoms with Gasteiger partial charge in [0.1, 0.15) is 5.65 Å². The molecule has 3 heterocycles. The van der Waals surface area contributed by atoms with Crippen LogP contribution in [0.1, 0.15) is 23.9 Å². The zero-order chi connectivity index (χ0) is 14.8. The molecular weight excluding hydrogens is 262 g/mol. The molecule has 3 rings (SSSR count). The van der Waals surface area contributed by atoms with Gasteiger partial charge in [0.25, 0.3) is 0 Å². The molecule has 0 aromatic carbocycles. The fraction of sp³-hybridized carbons (Fsp3) is 0.375. The van der Waals surface area contributed by atoms with E-state index in [1.165, 1.54) is 16.6 Å². The second-order valence-electron chi connectivity index (χ2n) is 5.34. The minimum atomic E-state index is 0.789. The van der Waals surface area contributed by atoms with Crippen molar-refractivity contribution >= 4 is 11.0 Å². The number of fused-ring (bicyclic) bond motifs is 1. The lowest BCUT2D eigenvalue weighted by Gasteiger charge is -2.04. The number of hydrogen-bond acceptors (Lipinski definition) is 3. The minimum Gasteiger partial charge on any atom is -0.326 e. The van der Waals surface area contributed by atoms with Crippen molar-refractivity contribution in [3.05, 3.63) is 47.5 Å². The summed E-state index contributed by atoms with van der Waals surface area (Å²) in [6, 6.07) is 6.26. The largest absolute Gasteiger partial charge is 0.326 e. The number of hydrogen-bond donors (Lipinski definition) is 1. The van der Waals surface area contributed by atoms with Gasteiger partial charge in [0.15, 0.2) is 0 Å². The van der Waals surface area contributed by atoms with Gasteiger partial charge in [0.2, 0.25) is 0 Å². The summed E-state index contributed by atoms with van der Waals surface area (Å²) in [5, 5.41) is 9.02. The lowest BCUT2D eigenvalue weighted by Crippen LogP contribution is -2.11. The molecule has 3 aromatic heterocycles. The normalized spacial score (nSPS) is 11.4. The van der Waals surface area contributed by atoms with Gasteiger partial charge in [-0.15, -0.1) is 0 Å². The highest BCUT2D eigenvalue weighted by atomic mass is 15.3. The van der Waals surface area contributed by atoms with Crippen LogP contribution in [0.25, 0.3) is 11.0 Å². The number of nitrogens with zero attached hydrogens (tertiary/aromatic N) is 4. The summed E-state index contributed by atoms with van der Waals surface area (Å²) in [6.07, 6.45) is 4.05. The zero-order valence-corrected chi connectivity index (χ0v) is 12.8. The van der Waals surface area contributed by atoms with Crippen LogP contribution in [0.5, 0.6) is 0 Å². The first-order valence-electron chi connectivity index (χ1n) is 7.32. The second kappa shape index (κ2) is 5.69. The summed E-state index contributed by atoms with van der Waals surface area (Å²) < 4.78 is 4.15. The molecule has 0 aliphatic rings. The number of rotatable bonds is 5. The average molecular weight is 283 g/mol. The minimum absolute atomic E-state index is 0.789. The topological polar surface area (TPSA) is 47.7 Å². The van der Waals surface area contributed by atoms with Gasteiger partial charge in [-0.1, -0.05) is 6.92 Å². The number of aromatic nitrogens is 4. The highest BCUT2D eigenvalue weighted by Gasteiger charge is 2.11. The fourth-order valence-electron chi connectivity index (χ4n) is 2.70. The summed E-state index contributed by atoms with van der Waals surface area (Å²) in [5.74, 6) is 0. The Morgan fingerprint density at radius 3 is 2.90 bits per heavy atom. The number of aryl methyl sites for hydroxylation is 2. The summed E-state index contributed by atoms with van der Waals surface area (Å²) in [4.78, 5) is 4.55. The Kier molecular flexibility index (Phi) is 3.75. The van der Waals surface area contributed by atoms with E-state index in [-0.39, 0.29) is 0 Å². The van der Waals surface area contributed by atoms with E-state index >= 15 is 0 Å². The highest BCUT2D eigenvalue weighted by Crippen LogP contribution is 2.20. The smallest absolute Gasteiger partial charge is 0.140 e. The molecule has 1 N–H and O–H groups in total. The Balaban J connectivity index is 2.00. The quantitative estimate of drug-likeness (QED) is 0.781. The van der Waals surface area contributed by atoms with Crippen molar-refractivity contribution < 1.29 is 0 Å². The molecule has 110 valence electrons. The van der Waals surface area contributed by atoms with Gasteiger partial charge >= 0.3 is 0 Å². The predicted octanol–water partition coefficient (Wildman–Crippen LogP) is 2.24. The maximum absolute atomic E-state index is 4.55. The van der Waals surface area contributed by atoms with Crippen LogP contribution >= 0.6 is 0 Å². The molecule has 3 aromatic rings. The zero-order valence-electron chi connectivity index (χ0n) is 12.8. The monoisotopic (exact) mass is 283 g/mol. The molecule has 21 heavy (non-hydrogen) atoms. The molecule has 0 fully saturated rings. The fourth-order valence-corrected chi connectivity index (χ4v) is 2.70. The van der Waals surface area contributed by atoms with Crippen LogP contribution in [0.3, 0.4) is 0 Å². The van der Waals surface area contributed by atoms with Gasteiger partial charge in [-0.3, -0.25) is 4.68 Å². The van der Waals surface area contributed by atoms with Crippen molar-refractivity contribution in [2.45, 2.75) is 26.9 Å². The maximum Gasteiger partial charge on any atom is 0.140 e. The van der Waals surface area contributed by atoms with E-state index < -0.39 is 0 Å². The van der Waals surface area contributed by atoms with Crippen LogP contribution in [0.2, 0.25) is 0 Å². The van der Waals surface area contributed by atoms with E-state index in [2.05, 4.69) is 45.2 Å². The molecule has 0 bridgehead atoms. The van der Waals surface area contributed by atoms with E-state index in [0.717, 1.165) is 31.0 Å². The van der Waals surface area contributed by atoms with E-state index in [0.29, 0.717) is 0 Å². The van der Waals surface area contributed by atoms with Crippen LogP contribution in [0, 0.1) is 6.92 Å². The Labute approximate surface area is 124 Å². The van der Waals surface area contributed by atoms with Crippen molar-refractivity contribution in [1.82, 2.24) is 24.6 Å². The Morgan fingerprint density at radius 1 is 1.33 bits per heavy atom. The molecule has 0 saturated heterocycles. The predicted molar refractivity (Wildman–Crippen MR) is 84.2 cm³/mol. The lowest BCUT2D eigenvalue weighted by molar-refractivity contribution is 0.667. The SMILES string of the molecule is CCNCc1cn(Cc2cc(C)nn2C)c2ncccc12. The van der Waals surface area contributed by atoms with Crippen LogP contribution in [-0.2, 0) is 20.1 Å². The van der Waals surface area contributed by atoms with E-state index in [1.54, 1.807) is 0 Å². The Bertz CT molecular complexity index is 753. The molecular formula is C16H21N5. The molecule has 0 saturated carbocycles. The molecule has 5 heteroatoms. The van der Waals surface area contributed by atoms with Crippen molar-refractivity contribution in [2.75, 3.05) is 6.54 Å². The maximum atomic E-state index is 4.55. The van der Waals surface area contributed by atoms with Gasteiger partial charge < -0.3 is 9.88 Å². The second-order valence-corrected chi connectivity index (χ2v) is 5.34. The first-order chi connectivity index (χ1) is 10.2. The summed E-state index contributed by atoms with van der Waals surface area (Å²) in [7, 11) is 1.99. The van der Waals surface area contributed by atoms with Crippen molar-refractivity contribution in [3.8, 4) is 0 Å². The summed E-state index contributed by atoms with van der Waals surface area (Å²) in [6.45, 7) is 6.77. The van der Waals surface area contributed by atoms with Crippen LogP contribution in [-0.4, -0.2) is 25.9 Å². The van der Waals surface area contributed by atoms with Crippen LogP contribution < -0.4 is 5.32 Å². The lowest BCUT2D eigenvalue weighted by atomic mass is 10.2. The third-order valence-corrected chi connectivity index (χ3v) is 3.71. The van der Waals surface area contributed by atoms with Gasteiger partial charge in [0, 0.05) is 31.4 Å². The number of pyridine rings is 1. The molecule has 5 nitrogen and oxygen atoms in total. The first kappa shape index (κ1) is 13.8. The van der Waals surface area contributed by atoms with Gasteiger partial charge in [0.05, 0.1) is 17.9 Å². The molecule has 0 radical (unpaired) electrons. The van der Waals surface area contributed by atoms with Crippen molar-refractivity contribution in [2.24, 2.45) is 7.05 Å². The van der Waals surface area contributed by atoms with Gasteiger partial charge in [-0.2, -0.15) is 5.10 Å². The Morgan fingerprint density at radius 2 is 2.19 bits per heavy atom. The number of nitrogens with one attached hydrogen (secondary N) is 1. The third kappa shape index (κ3) is 2.69. The Hall–Kier alpha value is -2.14. The van der Waals surface area contributed by atoms with Crippen molar-refractivity contribution in [1.29, 1.82) is 0 Å². The molecule has 0 aliphatic carbocycles. The van der Waals surface area contributed by atoms with Crippen molar-refractivity contribution in [3.63, 3.8) is 0 Å². The third-order valence-electron chi connectivity index (χ3n) is 3.71. The summed E-state index contributed by atoms with van der Waals surface area (Å²) >= 11 is 0. The molecule has 0 atom stereocenters. The first-order valence-corrected chi connectivity index (χ1v) is 7.32. The average Bonchev–Trinajstić information content (AvgIpc) is 2.98. The summed E-state index contributed by atoms with van der Waals surface area (Å²) in [5.41, 5.74) is 4.55. The molecule has 0 aliphatic heterocycles. The van der Waals surface area contributed by atoms with Crippen LogP contribution in [0.4, 0.5) is 0 Å². The van der Waals surface area contributed by atoms with E-state index in [9.17, 15) is 0 Å². The van der Waals surface area contributed by atoms with Gasteiger partial charge in [-0.25, -0.2) is 4.98 Å². The highest BCUT2D eigenvalue weighted by molar-refractivity contribution is 5.80. The van der Waals surface area contributed by atoms with Crippen LogP contribution in [0.15, 0.2) is 30.6 Å².